The van der Waals surface area contributed by atoms with Gasteiger partial charge in [-0.1, -0.05) is 6.92 Å². The van der Waals surface area contributed by atoms with Gasteiger partial charge in [-0.15, -0.1) is 0 Å². The van der Waals surface area contributed by atoms with Crippen molar-refractivity contribution < 1.29 is 8.78 Å². The third-order valence-electron chi connectivity index (χ3n) is 3.24. The van der Waals surface area contributed by atoms with Crippen LogP contribution in [0.15, 0.2) is 42.5 Å². The summed E-state index contributed by atoms with van der Waals surface area (Å²) < 4.78 is 28.5. The zero-order valence-electron chi connectivity index (χ0n) is 11.1. The van der Waals surface area contributed by atoms with Crippen molar-refractivity contribution in [1.82, 2.24) is 9.55 Å². The molecule has 0 fully saturated rings. The fourth-order valence-corrected chi connectivity index (χ4v) is 2.37. The minimum absolute atomic E-state index is 0.290. The highest BCUT2D eigenvalue weighted by Gasteiger charge is 2.12. The number of hydrogen-bond donors (Lipinski definition) is 0. The molecule has 0 N–H and O–H groups in total. The van der Waals surface area contributed by atoms with Gasteiger partial charge in [0, 0.05) is 18.2 Å². The molecule has 0 aliphatic carbocycles. The summed E-state index contributed by atoms with van der Waals surface area (Å²) in [5, 5.41) is 0. The average Bonchev–Trinajstić information content (AvgIpc) is 2.78. The summed E-state index contributed by atoms with van der Waals surface area (Å²) in [6.07, 6.45) is 1.72. The standard InChI is InChI=1S/C16H14F2N2/c1-2-3-16-19-14-9-6-12(18)10-15(14)20(16)13-7-4-11(17)5-8-13/h4-10H,2-3H2,1H3. The summed E-state index contributed by atoms with van der Waals surface area (Å²) in [6.45, 7) is 2.06. The molecule has 3 aromatic rings. The second-order valence-electron chi connectivity index (χ2n) is 4.72. The van der Waals surface area contributed by atoms with Gasteiger partial charge in [-0.2, -0.15) is 0 Å². The first-order valence-electron chi connectivity index (χ1n) is 6.62. The molecular formula is C16H14F2N2. The minimum Gasteiger partial charge on any atom is -0.296 e. The number of halogens is 2. The molecule has 1 aromatic heterocycles. The number of hydrogen-bond acceptors (Lipinski definition) is 1. The van der Waals surface area contributed by atoms with Gasteiger partial charge in [-0.25, -0.2) is 13.8 Å². The van der Waals surface area contributed by atoms with Crippen LogP contribution in [-0.4, -0.2) is 9.55 Å². The van der Waals surface area contributed by atoms with Crippen LogP contribution >= 0.6 is 0 Å². The Hall–Kier alpha value is -2.23. The fourth-order valence-electron chi connectivity index (χ4n) is 2.37. The third-order valence-corrected chi connectivity index (χ3v) is 3.24. The molecule has 0 unspecified atom stereocenters. The smallest absolute Gasteiger partial charge is 0.125 e. The Kier molecular flexibility index (Phi) is 3.22. The molecule has 0 spiro atoms. The lowest BCUT2D eigenvalue weighted by Crippen LogP contribution is -2.01. The average molecular weight is 272 g/mol. The van der Waals surface area contributed by atoms with Gasteiger partial charge in [0.05, 0.1) is 11.0 Å². The van der Waals surface area contributed by atoms with E-state index >= 15 is 0 Å². The molecule has 0 atom stereocenters. The van der Waals surface area contributed by atoms with Crippen molar-refractivity contribution >= 4 is 11.0 Å². The highest BCUT2D eigenvalue weighted by Crippen LogP contribution is 2.23. The summed E-state index contributed by atoms with van der Waals surface area (Å²) in [6, 6.07) is 10.7. The second kappa shape index (κ2) is 5.04. The number of rotatable bonds is 3. The van der Waals surface area contributed by atoms with Crippen LogP contribution < -0.4 is 0 Å². The molecule has 4 heteroatoms. The second-order valence-corrected chi connectivity index (χ2v) is 4.72. The van der Waals surface area contributed by atoms with Gasteiger partial charge in [-0.05, 0) is 42.8 Å². The fraction of sp³-hybridized carbons (Fsp3) is 0.188. The first kappa shape index (κ1) is 12.8. The molecule has 2 aromatic carbocycles. The maximum Gasteiger partial charge on any atom is 0.125 e. The summed E-state index contributed by atoms with van der Waals surface area (Å²) in [4.78, 5) is 4.54. The minimum atomic E-state index is -0.302. The van der Waals surface area contributed by atoms with Gasteiger partial charge in [0.15, 0.2) is 0 Å². The Bertz CT molecular complexity index is 745. The summed E-state index contributed by atoms with van der Waals surface area (Å²) in [5.74, 6) is 0.268. The monoisotopic (exact) mass is 272 g/mol. The number of aryl methyl sites for hydroxylation is 1. The molecule has 0 aliphatic heterocycles. The number of nitrogens with zero attached hydrogens (tertiary/aromatic N) is 2. The van der Waals surface area contributed by atoms with Crippen LogP contribution in [0.5, 0.6) is 0 Å². The zero-order valence-corrected chi connectivity index (χ0v) is 11.1. The van der Waals surface area contributed by atoms with Crippen LogP contribution in [0, 0.1) is 11.6 Å². The van der Waals surface area contributed by atoms with E-state index in [1.54, 1.807) is 18.2 Å². The number of fused-ring (bicyclic) bond motifs is 1. The molecular weight excluding hydrogens is 258 g/mol. The van der Waals surface area contributed by atoms with E-state index in [1.165, 1.54) is 24.3 Å². The van der Waals surface area contributed by atoms with E-state index < -0.39 is 0 Å². The lowest BCUT2D eigenvalue weighted by atomic mass is 10.2. The highest BCUT2D eigenvalue weighted by molar-refractivity contribution is 5.78. The van der Waals surface area contributed by atoms with E-state index in [-0.39, 0.29) is 11.6 Å². The van der Waals surface area contributed by atoms with Crippen molar-refractivity contribution in [2.45, 2.75) is 19.8 Å². The molecule has 0 radical (unpaired) electrons. The van der Waals surface area contributed by atoms with E-state index in [0.29, 0.717) is 5.52 Å². The predicted octanol–water partition coefficient (Wildman–Crippen LogP) is 4.26. The van der Waals surface area contributed by atoms with Crippen LogP contribution in [0.2, 0.25) is 0 Å². The van der Waals surface area contributed by atoms with Gasteiger partial charge in [0.1, 0.15) is 17.5 Å². The Labute approximate surface area is 115 Å². The highest BCUT2D eigenvalue weighted by atomic mass is 19.1. The molecule has 0 amide bonds. The molecule has 0 saturated carbocycles. The maximum atomic E-state index is 13.5. The normalized spacial score (nSPS) is 11.2. The lowest BCUT2D eigenvalue weighted by Gasteiger charge is -2.08. The molecule has 0 bridgehead atoms. The van der Waals surface area contributed by atoms with Gasteiger partial charge in [-0.3, -0.25) is 4.57 Å². The van der Waals surface area contributed by atoms with Crippen LogP contribution in [0.1, 0.15) is 19.2 Å². The van der Waals surface area contributed by atoms with Gasteiger partial charge in [0.25, 0.3) is 0 Å². The van der Waals surface area contributed by atoms with Gasteiger partial charge >= 0.3 is 0 Å². The van der Waals surface area contributed by atoms with E-state index in [0.717, 1.165) is 29.9 Å². The molecule has 2 nitrogen and oxygen atoms in total. The van der Waals surface area contributed by atoms with E-state index in [2.05, 4.69) is 11.9 Å². The summed E-state index contributed by atoms with van der Waals surface area (Å²) >= 11 is 0. The van der Waals surface area contributed by atoms with Crippen molar-refractivity contribution in [2.75, 3.05) is 0 Å². The molecule has 20 heavy (non-hydrogen) atoms. The van der Waals surface area contributed by atoms with E-state index in [9.17, 15) is 8.78 Å². The molecule has 0 saturated heterocycles. The Balaban J connectivity index is 2.27. The topological polar surface area (TPSA) is 17.8 Å². The van der Waals surface area contributed by atoms with Crippen molar-refractivity contribution in [3.8, 4) is 5.69 Å². The Morgan fingerprint density at radius 3 is 2.40 bits per heavy atom. The SMILES string of the molecule is CCCc1nc2ccc(F)cc2n1-c1ccc(F)cc1. The van der Waals surface area contributed by atoms with Crippen LogP contribution in [0.4, 0.5) is 8.78 Å². The van der Waals surface area contributed by atoms with E-state index in [1.807, 2.05) is 4.57 Å². The molecule has 3 rings (SSSR count). The summed E-state index contributed by atoms with van der Waals surface area (Å²) in [5.41, 5.74) is 2.25. The van der Waals surface area contributed by atoms with Crippen molar-refractivity contribution in [1.29, 1.82) is 0 Å². The van der Waals surface area contributed by atoms with Crippen LogP contribution in [0.25, 0.3) is 16.7 Å². The zero-order chi connectivity index (χ0) is 14.1. The van der Waals surface area contributed by atoms with Gasteiger partial charge < -0.3 is 0 Å². The molecule has 102 valence electrons. The Morgan fingerprint density at radius 2 is 1.70 bits per heavy atom. The largest absolute Gasteiger partial charge is 0.296 e. The molecule has 1 heterocycles. The first-order valence-corrected chi connectivity index (χ1v) is 6.62. The van der Waals surface area contributed by atoms with Crippen molar-refractivity contribution in [3.63, 3.8) is 0 Å². The lowest BCUT2D eigenvalue weighted by molar-refractivity contribution is 0.626. The number of aromatic nitrogens is 2. The number of benzene rings is 2. The van der Waals surface area contributed by atoms with Crippen molar-refractivity contribution in [2.24, 2.45) is 0 Å². The summed E-state index contributed by atoms with van der Waals surface area (Å²) in [7, 11) is 0. The predicted molar refractivity (Wildman–Crippen MR) is 75.0 cm³/mol. The maximum absolute atomic E-state index is 13.5. The number of imidazole rings is 1. The molecule has 0 aliphatic rings. The third kappa shape index (κ3) is 2.18. The van der Waals surface area contributed by atoms with Gasteiger partial charge in [0.2, 0.25) is 0 Å². The van der Waals surface area contributed by atoms with E-state index in [4.69, 9.17) is 0 Å². The van der Waals surface area contributed by atoms with Crippen LogP contribution in [-0.2, 0) is 6.42 Å². The quantitative estimate of drug-likeness (QED) is 0.696. The first-order chi connectivity index (χ1) is 9.69. The van der Waals surface area contributed by atoms with Crippen LogP contribution in [0.3, 0.4) is 0 Å². The van der Waals surface area contributed by atoms with Crippen molar-refractivity contribution in [3.05, 3.63) is 59.9 Å². The Morgan fingerprint density at radius 1 is 1.00 bits per heavy atom.